The highest BCUT2D eigenvalue weighted by atomic mass is 19.4. The van der Waals surface area contributed by atoms with Crippen LogP contribution < -0.4 is 5.32 Å². The molecule has 1 N–H and O–H groups in total. The number of amidine groups is 1. The Balaban J connectivity index is 1.70. The zero-order chi connectivity index (χ0) is 25.0. The van der Waals surface area contributed by atoms with Crippen molar-refractivity contribution >= 4 is 35.6 Å². The molecule has 3 heterocycles. The summed E-state index contributed by atoms with van der Waals surface area (Å²) < 4.78 is 79.7. The number of halogens is 6. The molecule has 2 amide bonds. The second kappa shape index (κ2) is 7.78. The number of benzene rings is 1. The Labute approximate surface area is 186 Å². The van der Waals surface area contributed by atoms with Crippen molar-refractivity contribution in [2.45, 2.75) is 19.3 Å². The Morgan fingerprint density at radius 2 is 1.62 bits per heavy atom. The summed E-state index contributed by atoms with van der Waals surface area (Å²) in [7, 11) is 1.54. The Morgan fingerprint density at radius 1 is 1.00 bits per heavy atom. The number of aromatic nitrogens is 2. The van der Waals surface area contributed by atoms with E-state index < -0.39 is 46.8 Å². The predicted octanol–water partition coefficient (Wildman–Crippen LogP) is 3.17. The Morgan fingerprint density at radius 3 is 2.21 bits per heavy atom. The average molecular weight is 485 g/mol. The van der Waals surface area contributed by atoms with Crippen molar-refractivity contribution in [2.75, 3.05) is 12.4 Å². The summed E-state index contributed by atoms with van der Waals surface area (Å²) in [6.45, 7) is 1.50. The lowest BCUT2D eigenvalue weighted by molar-refractivity contribution is -0.143. The van der Waals surface area contributed by atoms with Gasteiger partial charge in [0.15, 0.2) is 0 Å². The van der Waals surface area contributed by atoms with Crippen molar-refractivity contribution in [1.29, 1.82) is 0 Å². The predicted molar refractivity (Wildman–Crippen MR) is 106 cm³/mol. The van der Waals surface area contributed by atoms with Gasteiger partial charge in [0.25, 0.3) is 17.8 Å². The van der Waals surface area contributed by atoms with Crippen LogP contribution in [0.1, 0.15) is 27.2 Å². The highest BCUT2D eigenvalue weighted by Gasteiger charge is 2.38. The van der Waals surface area contributed by atoms with Crippen molar-refractivity contribution in [2.24, 2.45) is 21.0 Å². The lowest BCUT2D eigenvalue weighted by Crippen LogP contribution is -2.35. The van der Waals surface area contributed by atoms with Gasteiger partial charge in [0, 0.05) is 24.9 Å². The fourth-order valence-electron chi connectivity index (χ4n) is 3.22. The van der Waals surface area contributed by atoms with E-state index in [4.69, 9.17) is 0 Å². The quantitative estimate of drug-likeness (QED) is 0.660. The van der Waals surface area contributed by atoms with E-state index in [1.54, 1.807) is 0 Å². The van der Waals surface area contributed by atoms with Crippen molar-refractivity contribution in [3.05, 3.63) is 46.6 Å². The van der Waals surface area contributed by atoms with Gasteiger partial charge in [0.2, 0.25) is 0 Å². The SMILES string of the molecule is Cc1cc(NC(=O)c2cc(C(F)(F)F)cc(C(F)(F)F)c2)n(C2=NC(=O)C3C=NN(C)C3=N2)n1. The fraction of sp³-hybridized carbons (Fsp3) is 0.263. The molecule has 1 atom stereocenters. The van der Waals surface area contributed by atoms with Crippen LogP contribution in [-0.2, 0) is 17.1 Å². The molecule has 15 heteroatoms. The number of amides is 2. The molecule has 1 unspecified atom stereocenters. The number of fused-ring (bicyclic) bond motifs is 1. The van der Waals surface area contributed by atoms with Gasteiger partial charge in [-0.3, -0.25) is 14.6 Å². The van der Waals surface area contributed by atoms with Gasteiger partial charge >= 0.3 is 12.4 Å². The number of rotatable bonds is 2. The van der Waals surface area contributed by atoms with Gasteiger partial charge in [0.05, 0.1) is 16.8 Å². The maximum atomic E-state index is 13.1. The van der Waals surface area contributed by atoms with Gasteiger partial charge in [0.1, 0.15) is 17.6 Å². The normalized spacial score (nSPS) is 18.1. The number of aliphatic imine (C=N–C) groups is 2. The number of hydrogen-bond acceptors (Lipinski definition) is 6. The van der Waals surface area contributed by atoms with Crippen molar-refractivity contribution in [3.63, 3.8) is 0 Å². The molecular formula is C19H13F6N7O2. The molecule has 0 fully saturated rings. The summed E-state index contributed by atoms with van der Waals surface area (Å²) in [5, 5.41) is 11.5. The average Bonchev–Trinajstić information content (AvgIpc) is 3.29. The number of hydrogen-bond donors (Lipinski definition) is 1. The number of carbonyl (C=O) groups is 2. The van der Waals surface area contributed by atoms with Crippen molar-refractivity contribution in [1.82, 2.24) is 14.8 Å². The summed E-state index contributed by atoms with van der Waals surface area (Å²) >= 11 is 0. The minimum Gasteiger partial charge on any atom is -0.306 e. The maximum Gasteiger partial charge on any atom is 0.416 e. The lowest BCUT2D eigenvalue weighted by Gasteiger charge is -2.17. The van der Waals surface area contributed by atoms with Gasteiger partial charge in [-0.1, -0.05) is 0 Å². The van der Waals surface area contributed by atoms with Gasteiger partial charge in [-0.25, -0.2) is 0 Å². The Kier molecular flexibility index (Phi) is 5.29. The molecule has 0 radical (unpaired) electrons. The monoisotopic (exact) mass is 485 g/mol. The third-order valence-electron chi connectivity index (χ3n) is 4.80. The molecule has 4 rings (SSSR count). The van der Waals surface area contributed by atoms with Crippen molar-refractivity contribution < 1.29 is 35.9 Å². The molecule has 0 spiro atoms. The first-order chi connectivity index (χ1) is 15.7. The number of nitrogens with one attached hydrogen (secondary N) is 1. The largest absolute Gasteiger partial charge is 0.416 e. The Bertz CT molecular complexity index is 1260. The van der Waals surface area contributed by atoms with Crippen molar-refractivity contribution in [3.8, 4) is 0 Å². The molecule has 2 aliphatic rings. The summed E-state index contributed by atoms with van der Waals surface area (Å²) in [6, 6.07) is 1.80. The summed E-state index contributed by atoms with van der Waals surface area (Å²) in [5.41, 5.74) is -3.87. The van der Waals surface area contributed by atoms with Gasteiger partial charge in [-0.05, 0) is 25.1 Å². The molecule has 2 aromatic rings. The van der Waals surface area contributed by atoms with E-state index >= 15 is 0 Å². The minimum atomic E-state index is -5.12. The van der Waals surface area contributed by atoms with E-state index in [0.717, 1.165) is 4.68 Å². The zero-order valence-electron chi connectivity index (χ0n) is 17.2. The van der Waals surface area contributed by atoms with E-state index in [0.29, 0.717) is 17.8 Å². The van der Waals surface area contributed by atoms with Gasteiger partial charge < -0.3 is 5.32 Å². The molecule has 178 valence electrons. The van der Waals surface area contributed by atoms with Crippen LogP contribution >= 0.6 is 0 Å². The van der Waals surface area contributed by atoms with Crippen LogP contribution in [0.4, 0.5) is 32.2 Å². The molecule has 1 aromatic carbocycles. The molecule has 0 bridgehead atoms. The third-order valence-corrected chi connectivity index (χ3v) is 4.80. The molecule has 2 aliphatic heterocycles. The zero-order valence-corrected chi connectivity index (χ0v) is 17.2. The first kappa shape index (κ1) is 23.1. The molecule has 9 nitrogen and oxygen atoms in total. The summed E-state index contributed by atoms with van der Waals surface area (Å²) in [5.74, 6) is -2.90. The van der Waals surface area contributed by atoms with E-state index in [1.807, 2.05) is 0 Å². The Hall–Kier alpha value is -4.04. The molecular weight excluding hydrogens is 472 g/mol. The van der Waals surface area contributed by atoms with E-state index in [-0.39, 0.29) is 23.7 Å². The number of carbonyl (C=O) groups excluding carboxylic acids is 2. The van der Waals surface area contributed by atoms with Crippen LogP contribution in [-0.4, -0.2) is 51.7 Å². The second-order valence-corrected chi connectivity index (χ2v) is 7.32. The van der Waals surface area contributed by atoms with E-state index in [9.17, 15) is 35.9 Å². The molecule has 0 saturated heterocycles. The standard InChI is InChI=1S/C19H13F6N7O2/c1-8-3-13(32(30-8)17-28-14-12(16(34)29-17)7-26-31(14)2)27-15(33)9-4-10(18(20,21)22)6-11(5-9)19(23,24)25/h3-7,12H,1-2H3,(H,27,33). The van der Waals surface area contributed by atoms with Gasteiger partial charge in [-0.15, -0.1) is 0 Å². The topological polar surface area (TPSA) is 104 Å². The third kappa shape index (κ3) is 4.27. The van der Waals surface area contributed by atoms with Crippen LogP contribution in [0.3, 0.4) is 0 Å². The molecule has 0 saturated carbocycles. The first-order valence-electron chi connectivity index (χ1n) is 9.41. The van der Waals surface area contributed by atoms with Gasteiger partial charge in [-0.2, -0.15) is 51.2 Å². The van der Waals surface area contributed by atoms with Crippen LogP contribution in [0.5, 0.6) is 0 Å². The summed E-state index contributed by atoms with van der Waals surface area (Å²) in [4.78, 5) is 33.0. The maximum absolute atomic E-state index is 13.1. The molecule has 1 aromatic heterocycles. The van der Waals surface area contributed by atoms with Crippen LogP contribution in [0.2, 0.25) is 0 Å². The highest BCUT2D eigenvalue weighted by molar-refractivity contribution is 6.24. The first-order valence-corrected chi connectivity index (χ1v) is 9.41. The second-order valence-electron chi connectivity index (χ2n) is 7.32. The van der Waals surface area contributed by atoms with Crippen LogP contribution in [0, 0.1) is 12.8 Å². The highest BCUT2D eigenvalue weighted by Crippen LogP contribution is 2.36. The van der Waals surface area contributed by atoms with E-state index in [2.05, 4.69) is 25.5 Å². The van der Waals surface area contributed by atoms with Crippen LogP contribution in [0.25, 0.3) is 0 Å². The van der Waals surface area contributed by atoms with Crippen LogP contribution in [0.15, 0.2) is 39.4 Å². The number of alkyl halides is 6. The number of anilines is 1. The summed E-state index contributed by atoms with van der Waals surface area (Å²) in [6.07, 6.45) is -8.90. The number of nitrogens with zero attached hydrogens (tertiary/aromatic N) is 6. The number of aryl methyl sites for hydroxylation is 1. The van der Waals surface area contributed by atoms with E-state index in [1.165, 1.54) is 31.3 Å². The minimum absolute atomic E-state index is 0.0831. The fourth-order valence-corrected chi connectivity index (χ4v) is 3.22. The molecule has 34 heavy (non-hydrogen) atoms. The smallest absolute Gasteiger partial charge is 0.306 e. The lowest BCUT2D eigenvalue weighted by atomic mass is 10.0. The molecule has 0 aliphatic carbocycles. The number of hydrazone groups is 1.